The Labute approximate surface area is 142 Å². The predicted molar refractivity (Wildman–Crippen MR) is 95.0 cm³/mol. The van der Waals surface area contributed by atoms with E-state index >= 15 is 0 Å². The van der Waals surface area contributed by atoms with Gasteiger partial charge in [-0.1, -0.05) is 18.2 Å². The Hall–Kier alpha value is -2.11. The SMILES string of the molecule is O=S(=O)(c1ccccc1)c1ccc2c(ccn2C2CCNCC2)c1. The summed E-state index contributed by atoms with van der Waals surface area (Å²) in [7, 11) is -3.47. The first kappa shape index (κ1) is 15.4. The Kier molecular flexibility index (Phi) is 3.90. The molecular formula is C19H20N2O2S. The molecule has 0 spiro atoms. The van der Waals surface area contributed by atoms with Gasteiger partial charge in [-0.2, -0.15) is 0 Å². The van der Waals surface area contributed by atoms with Crippen LogP contribution in [0.15, 0.2) is 70.6 Å². The summed E-state index contributed by atoms with van der Waals surface area (Å²) in [5.41, 5.74) is 1.11. The lowest BCUT2D eigenvalue weighted by Crippen LogP contribution is -2.29. The molecule has 0 unspecified atom stereocenters. The molecule has 1 aliphatic rings. The number of hydrogen-bond acceptors (Lipinski definition) is 3. The summed E-state index contributed by atoms with van der Waals surface area (Å²) < 4.78 is 27.8. The number of rotatable bonds is 3. The molecule has 0 saturated carbocycles. The molecule has 124 valence electrons. The lowest BCUT2D eigenvalue weighted by atomic mass is 10.1. The molecule has 4 rings (SSSR count). The van der Waals surface area contributed by atoms with E-state index in [1.54, 1.807) is 36.4 Å². The molecule has 1 fully saturated rings. The van der Waals surface area contributed by atoms with E-state index in [0.29, 0.717) is 15.8 Å². The van der Waals surface area contributed by atoms with Crippen LogP contribution in [-0.2, 0) is 9.84 Å². The van der Waals surface area contributed by atoms with Crippen LogP contribution in [0.5, 0.6) is 0 Å². The lowest BCUT2D eigenvalue weighted by Gasteiger charge is -2.25. The molecule has 5 heteroatoms. The molecule has 0 radical (unpaired) electrons. The maximum atomic E-state index is 12.8. The number of nitrogens with one attached hydrogen (secondary N) is 1. The van der Waals surface area contributed by atoms with Crippen LogP contribution in [0.1, 0.15) is 18.9 Å². The molecule has 1 aromatic heterocycles. The summed E-state index contributed by atoms with van der Waals surface area (Å²) in [5.74, 6) is 0. The summed E-state index contributed by atoms with van der Waals surface area (Å²) >= 11 is 0. The normalized spacial score (nSPS) is 16.5. The van der Waals surface area contributed by atoms with Crippen molar-refractivity contribution in [3.63, 3.8) is 0 Å². The van der Waals surface area contributed by atoms with Gasteiger partial charge in [0, 0.05) is 23.1 Å². The zero-order valence-electron chi connectivity index (χ0n) is 13.4. The van der Waals surface area contributed by atoms with Gasteiger partial charge in [0.15, 0.2) is 0 Å². The Morgan fingerprint density at radius 2 is 1.67 bits per heavy atom. The minimum Gasteiger partial charge on any atom is -0.344 e. The second-order valence-corrected chi connectivity index (χ2v) is 8.19. The fourth-order valence-corrected chi connectivity index (χ4v) is 4.77. The minimum absolute atomic E-state index is 0.335. The van der Waals surface area contributed by atoms with E-state index < -0.39 is 9.84 Å². The van der Waals surface area contributed by atoms with E-state index in [9.17, 15) is 8.42 Å². The molecule has 24 heavy (non-hydrogen) atoms. The van der Waals surface area contributed by atoms with E-state index in [1.165, 1.54) is 0 Å². The number of sulfone groups is 1. The number of piperidine rings is 1. The van der Waals surface area contributed by atoms with Crippen molar-refractivity contribution >= 4 is 20.7 Å². The van der Waals surface area contributed by atoms with Crippen molar-refractivity contribution in [2.24, 2.45) is 0 Å². The third-order valence-electron chi connectivity index (χ3n) is 4.76. The van der Waals surface area contributed by atoms with Crippen LogP contribution in [0.2, 0.25) is 0 Å². The number of benzene rings is 2. The summed E-state index contributed by atoms with van der Waals surface area (Å²) in [5, 5.41) is 4.36. The average Bonchev–Trinajstić information content (AvgIpc) is 3.06. The van der Waals surface area contributed by atoms with Gasteiger partial charge in [-0.15, -0.1) is 0 Å². The standard InChI is InChI=1S/C19H20N2O2S/c22-24(23,17-4-2-1-3-5-17)18-6-7-19-15(14-18)10-13-21(19)16-8-11-20-12-9-16/h1-7,10,13-14,16,20H,8-9,11-12H2. The van der Waals surface area contributed by atoms with Crippen LogP contribution in [0, 0.1) is 0 Å². The van der Waals surface area contributed by atoms with Gasteiger partial charge in [0.05, 0.1) is 9.79 Å². The number of fused-ring (bicyclic) bond motifs is 1. The van der Waals surface area contributed by atoms with E-state index in [1.807, 2.05) is 18.2 Å². The molecule has 3 aromatic rings. The maximum Gasteiger partial charge on any atom is 0.206 e. The van der Waals surface area contributed by atoms with Gasteiger partial charge >= 0.3 is 0 Å². The van der Waals surface area contributed by atoms with Crippen LogP contribution in [-0.4, -0.2) is 26.1 Å². The Morgan fingerprint density at radius 3 is 2.42 bits per heavy atom. The second kappa shape index (κ2) is 6.07. The van der Waals surface area contributed by atoms with Crippen LogP contribution in [0.25, 0.3) is 10.9 Å². The quantitative estimate of drug-likeness (QED) is 0.795. The molecule has 0 bridgehead atoms. The van der Waals surface area contributed by atoms with Crippen molar-refractivity contribution < 1.29 is 8.42 Å². The van der Waals surface area contributed by atoms with Crippen molar-refractivity contribution in [1.29, 1.82) is 0 Å². The first-order chi connectivity index (χ1) is 11.7. The molecule has 4 nitrogen and oxygen atoms in total. The van der Waals surface area contributed by atoms with Gasteiger partial charge in [0.1, 0.15) is 0 Å². The largest absolute Gasteiger partial charge is 0.344 e. The maximum absolute atomic E-state index is 12.8. The smallest absolute Gasteiger partial charge is 0.206 e. The summed E-state index contributed by atoms with van der Waals surface area (Å²) in [6.45, 7) is 2.07. The predicted octanol–water partition coefficient (Wildman–Crippen LogP) is 3.40. The molecule has 0 atom stereocenters. The highest BCUT2D eigenvalue weighted by Gasteiger charge is 2.20. The molecule has 1 N–H and O–H groups in total. The zero-order chi connectivity index (χ0) is 16.6. The van der Waals surface area contributed by atoms with E-state index in [0.717, 1.165) is 36.8 Å². The minimum atomic E-state index is -3.47. The molecule has 1 saturated heterocycles. The highest BCUT2D eigenvalue weighted by molar-refractivity contribution is 7.91. The molecule has 1 aliphatic heterocycles. The molecule has 0 amide bonds. The number of aromatic nitrogens is 1. The van der Waals surface area contributed by atoms with Crippen LogP contribution >= 0.6 is 0 Å². The summed E-state index contributed by atoms with van der Waals surface area (Å²) in [6, 6.07) is 16.5. The molecular weight excluding hydrogens is 320 g/mol. The number of hydrogen-bond donors (Lipinski definition) is 1. The Morgan fingerprint density at radius 1 is 0.917 bits per heavy atom. The van der Waals surface area contributed by atoms with Crippen LogP contribution in [0.3, 0.4) is 0 Å². The zero-order valence-corrected chi connectivity index (χ0v) is 14.2. The highest BCUT2D eigenvalue weighted by atomic mass is 32.2. The lowest BCUT2D eigenvalue weighted by molar-refractivity contribution is 0.376. The third kappa shape index (κ3) is 2.64. The van der Waals surface area contributed by atoms with E-state index in [4.69, 9.17) is 0 Å². The monoisotopic (exact) mass is 340 g/mol. The van der Waals surface area contributed by atoms with Gasteiger partial charge in [-0.25, -0.2) is 8.42 Å². The Balaban J connectivity index is 1.75. The van der Waals surface area contributed by atoms with E-state index in [2.05, 4.69) is 16.1 Å². The fourth-order valence-electron chi connectivity index (χ4n) is 3.45. The first-order valence-corrected chi connectivity index (χ1v) is 9.76. The average molecular weight is 340 g/mol. The van der Waals surface area contributed by atoms with Crippen LogP contribution < -0.4 is 5.32 Å². The van der Waals surface area contributed by atoms with Crippen molar-refractivity contribution in [1.82, 2.24) is 9.88 Å². The van der Waals surface area contributed by atoms with Crippen molar-refractivity contribution in [2.45, 2.75) is 28.7 Å². The first-order valence-electron chi connectivity index (χ1n) is 8.28. The van der Waals surface area contributed by atoms with Gasteiger partial charge in [-0.3, -0.25) is 0 Å². The van der Waals surface area contributed by atoms with Gasteiger partial charge in [0.25, 0.3) is 0 Å². The Bertz CT molecular complexity index is 955. The molecule has 2 heterocycles. The number of nitrogens with zero attached hydrogens (tertiary/aromatic N) is 1. The van der Waals surface area contributed by atoms with Crippen molar-refractivity contribution in [3.8, 4) is 0 Å². The molecule has 0 aliphatic carbocycles. The van der Waals surface area contributed by atoms with Gasteiger partial charge in [0.2, 0.25) is 9.84 Å². The van der Waals surface area contributed by atoms with Crippen molar-refractivity contribution in [3.05, 3.63) is 60.8 Å². The topological polar surface area (TPSA) is 51.1 Å². The highest BCUT2D eigenvalue weighted by Crippen LogP contribution is 2.29. The van der Waals surface area contributed by atoms with Crippen LogP contribution in [0.4, 0.5) is 0 Å². The molecule has 2 aromatic carbocycles. The third-order valence-corrected chi connectivity index (χ3v) is 6.53. The van der Waals surface area contributed by atoms with Gasteiger partial charge in [-0.05, 0) is 62.3 Å². The van der Waals surface area contributed by atoms with Crippen molar-refractivity contribution in [2.75, 3.05) is 13.1 Å². The summed E-state index contributed by atoms with van der Waals surface area (Å²) in [6.07, 6.45) is 4.29. The second-order valence-electron chi connectivity index (χ2n) is 6.24. The van der Waals surface area contributed by atoms with E-state index in [-0.39, 0.29) is 0 Å². The fraction of sp³-hybridized carbons (Fsp3) is 0.263. The summed E-state index contributed by atoms with van der Waals surface area (Å²) in [4.78, 5) is 0.686. The van der Waals surface area contributed by atoms with Gasteiger partial charge < -0.3 is 9.88 Å².